The van der Waals surface area contributed by atoms with Crippen molar-refractivity contribution in [2.45, 2.75) is 25.3 Å². The van der Waals surface area contributed by atoms with Crippen LogP contribution in [0.15, 0.2) is 47.0 Å². The molecule has 1 amide bonds. The maximum absolute atomic E-state index is 14.0. The Morgan fingerprint density at radius 3 is 2.76 bits per heavy atom. The minimum Gasteiger partial charge on any atom is -0.497 e. The van der Waals surface area contributed by atoms with E-state index >= 15 is 0 Å². The Hall–Kier alpha value is -3.29. The molecule has 150 valence electrons. The molecule has 1 fully saturated rings. The van der Waals surface area contributed by atoms with Crippen molar-refractivity contribution < 1.29 is 22.8 Å². The van der Waals surface area contributed by atoms with Crippen LogP contribution in [0.1, 0.15) is 30.3 Å². The molecule has 29 heavy (non-hydrogen) atoms. The molecule has 1 aliphatic heterocycles. The summed E-state index contributed by atoms with van der Waals surface area (Å²) in [6, 6.07) is 10.1. The van der Waals surface area contributed by atoms with Gasteiger partial charge in [0.1, 0.15) is 23.4 Å². The van der Waals surface area contributed by atoms with Gasteiger partial charge in [-0.15, -0.1) is 0 Å². The van der Waals surface area contributed by atoms with Gasteiger partial charge in [-0.05, 0) is 42.7 Å². The summed E-state index contributed by atoms with van der Waals surface area (Å²) in [4.78, 5) is 18.8. The van der Waals surface area contributed by atoms with E-state index in [4.69, 9.17) is 9.26 Å². The van der Waals surface area contributed by atoms with Crippen LogP contribution < -0.4 is 4.74 Å². The molecular weight excluding hydrogens is 380 g/mol. The van der Waals surface area contributed by atoms with Gasteiger partial charge in [-0.1, -0.05) is 17.3 Å². The lowest BCUT2D eigenvalue weighted by Crippen LogP contribution is -2.32. The highest BCUT2D eigenvalue weighted by Crippen LogP contribution is 2.33. The van der Waals surface area contributed by atoms with E-state index in [0.29, 0.717) is 13.0 Å². The summed E-state index contributed by atoms with van der Waals surface area (Å²) in [5.41, 5.74) is 0.927. The first kappa shape index (κ1) is 19.0. The van der Waals surface area contributed by atoms with Crippen molar-refractivity contribution in [1.29, 1.82) is 0 Å². The van der Waals surface area contributed by atoms with Crippen LogP contribution in [0.3, 0.4) is 0 Å². The molecule has 1 aromatic heterocycles. The number of ether oxygens (including phenoxy) is 1. The lowest BCUT2D eigenvalue weighted by Gasteiger charge is -2.22. The van der Waals surface area contributed by atoms with Crippen LogP contribution >= 0.6 is 0 Å². The Morgan fingerprint density at radius 2 is 2.03 bits per heavy atom. The highest BCUT2D eigenvalue weighted by molar-refractivity contribution is 5.79. The molecule has 2 heterocycles. The molecule has 3 aromatic rings. The molecule has 1 saturated heterocycles. The lowest BCUT2D eigenvalue weighted by atomic mass is 10.1. The van der Waals surface area contributed by atoms with Crippen molar-refractivity contribution >= 4 is 5.91 Å². The standard InChI is InChI=1S/C21H19F2N3O3/c1-28-15-7-4-13(5-8-15)11-19(27)26-10-2-3-18(26)21-24-20(25-29-21)16-9-6-14(22)12-17(16)23/h4-9,12,18H,2-3,10-11H2,1H3/t18-/m0/s1. The van der Waals surface area contributed by atoms with E-state index in [1.54, 1.807) is 12.0 Å². The summed E-state index contributed by atoms with van der Waals surface area (Å²) in [5.74, 6) is -0.481. The molecule has 0 aliphatic carbocycles. The van der Waals surface area contributed by atoms with Crippen molar-refractivity contribution in [3.8, 4) is 17.1 Å². The van der Waals surface area contributed by atoms with Gasteiger partial charge in [-0.2, -0.15) is 4.98 Å². The zero-order valence-corrected chi connectivity index (χ0v) is 15.8. The van der Waals surface area contributed by atoms with Crippen LogP contribution in [0.4, 0.5) is 8.78 Å². The first-order valence-electron chi connectivity index (χ1n) is 9.26. The average Bonchev–Trinajstić information content (AvgIpc) is 3.38. The number of carbonyl (C=O) groups is 1. The van der Waals surface area contributed by atoms with E-state index in [-0.39, 0.29) is 35.6 Å². The summed E-state index contributed by atoms with van der Waals surface area (Å²) in [7, 11) is 1.59. The number of rotatable bonds is 5. The Balaban J connectivity index is 1.50. The Labute approximate surface area is 166 Å². The Morgan fingerprint density at radius 1 is 1.24 bits per heavy atom. The molecule has 4 rings (SSSR count). The lowest BCUT2D eigenvalue weighted by molar-refractivity contribution is -0.131. The molecule has 2 aromatic carbocycles. The third-order valence-electron chi connectivity index (χ3n) is 4.99. The summed E-state index contributed by atoms with van der Waals surface area (Å²) >= 11 is 0. The number of methoxy groups -OCH3 is 1. The highest BCUT2D eigenvalue weighted by atomic mass is 19.1. The highest BCUT2D eigenvalue weighted by Gasteiger charge is 2.34. The Kier molecular flexibility index (Phi) is 5.24. The van der Waals surface area contributed by atoms with Crippen LogP contribution in [0.25, 0.3) is 11.4 Å². The zero-order chi connectivity index (χ0) is 20.4. The van der Waals surface area contributed by atoms with Gasteiger partial charge in [-0.25, -0.2) is 8.78 Å². The fraction of sp³-hybridized carbons (Fsp3) is 0.286. The normalized spacial score (nSPS) is 16.2. The SMILES string of the molecule is COc1ccc(CC(=O)N2CCC[C@H]2c2nc(-c3ccc(F)cc3F)no2)cc1. The maximum Gasteiger partial charge on any atom is 0.249 e. The number of nitrogens with zero attached hydrogens (tertiary/aromatic N) is 3. The topological polar surface area (TPSA) is 68.5 Å². The molecule has 0 N–H and O–H groups in total. The number of hydrogen-bond donors (Lipinski definition) is 0. The van der Waals surface area contributed by atoms with Crippen molar-refractivity contribution in [3.63, 3.8) is 0 Å². The largest absolute Gasteiger partial charge is 0.497 e. The van der Waals surface area contributed by atoms with E-state index < -0.39 is 11.6 Å². The third-order valence-corrected chi connectivity index (χ3v) is 4.99. The summed E-state index contributed by atoms with van der Waals surface area (Å²) < 4.78 is 37.6. The van der Waals surface area contributed by atoms with E-state index in [2.05, 4.69) is 10.1 Å². The third kappa shape index (κ3) is 3.96. The van der Waals surface area contributed by atoms with Gasteiger partial charge < -0.3 is 14.2 Å². The molecule has 8 heteroatoms. The second-order valence-electron chi connectivity index (χ2n) is 6.85. The second kappa shape index (κ2) is 7.98. The van der Waals surface area contributed by atoms with Crippen molar-refractivity contribution in [3.05, 3.63) is 65.6 Å². The number of hydrogen-bond acceptors (Lipinski definition) is 5. The van der Waals surface area contributed by atoms with E-state index in [0.717, 1.165) is 29.9 Å². The van der Waals surface area contributed by atoms with Gasteiger partial charge in [-0.3, -0.25) is 4.79 Å². The molecular formula is C21H19F2N3O3. The number of amides is 1. The number of aromatic nitrogens is 2. The van der Waals surface area contributed by atoms with Crippen molar-refractivity contribution in [2.75, 3.05) is 13.7 Å². The molecule has 0 saturated carbocycles. The summed E-state index contributed by atoms with van der Waals surface area (Å²) in [6.07, 6.45) is 1.73. The number of carbonyl (C=O) groups excluding carboxylic acids is 1. The van der Waals surface area contributed by atoms with Crippen LogP contribution in [-0.2, 0) is 11.2 Å². The minimum atomic E-state index is -0.767. The van der Waals surface area contributed by atoms with E-state index in [9.17, 15) is 13.6 Å². The summed E-state index contributed by atoms with van der Waals surface area (Å²) in [5, 5.41) is 3.82. The van der Waals surface area contributed by atoms with Crippen LogP contribution in [-0.4, -0.2) is 34.6 Å². The van der Waals surface area contributed by atoms with Gasteiger partial charge in [0.05, 0.1) is 19.1 Å². The number of likely N-dealkylation sites (tertiary alicyclic amines) is 1. The smallest absolute Gasteiger partial charge is 0.249 e. The Bertz CT molecular complexity index is 1020. The van der Waals surface area contributed by atoms with Crippen molar-refractivity contribution in [1.82, 2.24) is 15.0 Å². The van der Waals surface area contributed by atoms with Gasteiger partial charge in [0.25, 0.3) is 0 Å². The molecule has 0 spiro atoms. The van der Waals surface area contributed by atoms with E-state index in [1.807, 2.05) is 24.3 Å². The van der Waals surface area contributed by atoms with Crippen LogP contribution in [0.2, 0.25) is 0 Å². The summed E-state index contributed by atoms with van der Waals surface area (Å²) in [6.45, 7) is 0.586. The molecule has 0 bridgehead atoms. The minimum absolute atomic E-state index is 0.0342. The fourth-order valence-corrected chi connectivity index (χ4v) is 3.49. The first-order valence-corrected chi connectivity index (χ1v) is 9.26. The van der Waals surface area contributed by atoms with Gasteiger partial charge in [0.15, 0.2) is 0 Å². The predicted molar refractivity (Wildman–Crippen MR) is 100 cm³/mol. The second-order valence-corrected chi connectivity index (χ2v) is 6.85. The molecule has 1 aliphatic rings. The quantitative estimate of drug-likeness (QED) is 0.650. The van der Waals surface area contributed by atoms with Crippen LogP contribution in [0, 0.1) is 11.6 Å². The van der Waals surface area contributed by atoms with Crippen LogP contribution in [0.5, 0.6) is 5.75 Å². The van der Waals surface area contributed by atoms with Gasteiger partial charge in [0.2, 0.25) is 17.6 Å². The molecule has 0 radical (unpaired) electrons. The predicted octanol–water partition coefficient (Wildman–Crippen LogP) is 3.93. The number of benzene rings is 2. The monoisotopic (exact) mass is 399 g/mol. The first-order chi connectivity index (χ1) is 14.0. The van der Waals surface area contributed by atoms with Gasteiger partial charge in [0, 0.05) is 12.6 Å². The van der Waals surface area contributed by atoms with E-state index in [1.165, 1.54) is 6.07 Å². The van der Waals surface area contributed by atoms with Gasteiger partial charge >= 0.3 is 0 Å². The molecule has 1 atom stereocenters. The molecule has 6 nitrogen and oxygen atoms in total. The van der Waals surface area contributed by atoms with Crippen molar-refractivity contribution in [2.24, 2.45) is 0 Å². The average molecular weight is 399 g/mol. The molecule has 0 unspecified atom stereocenters. The zero-order valence-electron chi connectivity index (χ0n) is 15.8. The maximum atomic E-state index is 14.0. The fourth-order valence-electron chi connectivity index (χ4n) is 3.49. The number of halogens is 2.